The summed E-state index contributed by atoms with van der Waals surface area (Å²) in [6, 6.07) is 0.372. The van der Waals surface area contributed by atoms with E-state index in [9.17, 15) is 4.79 Å². The van der Waals surface area contributed by atoms with Gasteiger partial charge in [-0.25, -0.2) is 0 Å². The van der Waals surface area contributed by atoms with Gasteiger partial charge in [0.2, 0.25) is 0 Å². The third kappa shape index (κ3) is 1.53. The van der Waals surface area contributed by atoms with Crippen LogP contribution in [0.1, 0.15) is 32.1 Å². The molecule has 0 N–H and O–H groups in total. The number of ketones is 1. The fourth-order valence-corrected chi connectivity index (χ4v) is 2.59. The van der Waals surface area contributed by atoms with Crippen molar-refractivity contribution in [2.24, 2.45) is 5.92 Å². The van der Waals surface area contributed by atoms with Gasteiger partial charge in [0.25, 0.3) is 0 Å². The van der Waals surface area contributed by atoms with E-state index >= 15 is 0 Å². The van der Waals surface area contributed by atoms with Gasteiger partial charge in [0, 0.05) is 25.4 Å². The first-order chi connectivity index (χ1) is 6.31. The summed E-state index contributed by atoms with van der Waals surface area (Å²) in [7, 11) is 0. The van der Waals surface area contributed by atoms with Crippen molar-refractivity contribution < 1.29 is 4.79 Å². The van der Waals surface area contributed by atoms with Crippen LogP contribution in [0.3, 0.4) is 0 Å². The molecule has 0 radical (unpaired) electrons. The second-order valence-electron chi connectivity index (χ2n) is 4.04. The number of fused-ring (bicyclic) bond motifs is 1. The molecule has 3 nitrogen and oxygen atoms in total. The van der Waals surface area contributed by atoms with Crippen LogP contribution in [0, 0.1) is 17.4 Å². The zero-order chi connectivity index (χ0) is 9.26. The molecule has 2 rings (SSSR count). The Morgan fingerprint density at radius 1 is 1.46 bits per heavy atom. The van der Waals surface area contributed by atoms with Crippen molar-refractivity contribution in [2.75, 3.05) is 6.54 Å². The van der Waals surface area contributed by atoms with Crippen molar-refractivity contribution in [2.45, 2.75) is 38.1 Å². The van der Waals surface area contributed by atoms with Gasteiger partial charge in [0.1, 0.15) is 5.78 Å². The standard InChI is InChI=1S/C10H14N2O/c11-7-12-5-1-2-8-6-9(13)3-4-10(8)12/h8,10H,1-6H2/t8-,10-/m0/s1. The topological polar surface area (TPSA) is 44.1 Å². The van der Waals surface area contributed by atoms with Gasteiger partial charge < -0.3 is 4.90 Å². The molecule has 0 aromatic carbocycles. The lowest BCUT2D eigenvalue weighted by atomic mass is 9.78. The van der Waals surface area contributed by atoms with Gasteiger partial charge in [-0.3, -0.25) is 4.79 Å². The smallest absolute Gasteiger partial charge is 0.179 e. The Balaban J connectivity index is 2.08. The van der Waals surface area contributed by atoms with Crippen LogP contribution < -0.4 is 0 Å². The van der Waals surface area contributed by atoms with Crippen molar-refractivity contribution >= 4 is 5.78 Å². The number of hydrogen-bond acceptors (Lipinski definition) is 3. The maximum Gasteiger partial charge on any atom is 0.179 e. The molecular formula is C10H14N2O. The molecule has 0 bridgehead atoms. The highest BCUT2D eigenvalue weighted by Gasteiger charge is 2.35. The van der Waals surface area contributed by atoms with Gasteiger partial charge in [-0.2, -0.15) is 5.26 Å². The zero-order valence-corrected chi connectivity index (χ0v) is 7.70. The van der Waals surface area contributed by atoms with E-state index in [0.29, 0.717) is 30.6 Å². The second-order valence-corrected chi connectivity index (χ2v) is 4.04. The molecule has 1 saturated heterocycles. The van der Waals surface area contributed by atoms with Crippen LogP contribution >= 0.6 is 0 Å². The lowest BCUT2D eigenvalue weighted by Crippen LogP contribution is -2.45. The number of piperidine rings is 1. The number of carbonyl (C=O) groups excluding carboxylic acids is 1. The fourth-order valence-electron chi connectivity index (χ4n) is 2.59. The minimum Gasteiger partial charge on any atom is -0.307 e. The van der Waals surface area contributed by atoms with E-state index in [1.807, 2.05) is 4.90 Å². The third-order valence-corrected chi connectivity index (χ3v) is 3.26. The highest BCUT2D eigenvalue weighted by molar-refractivity contribution is 5.79. The number of hydrogen-bond donors (Lipinski definition) is 0. The van der Waals surface area contributed by atoms with Gasteiger partial charge in [-0.1, -0.05) is 0 Å². The SMILES string of the molecule is N#CN1CCC[C@H]2CC(=O)CC[C@@H]21. The Labute approximate surface area is 78.3 Å². The van der Waals surface area contributed by atoms with Gasteiger partial charge in [-0.15, -0.1) is 0 Å². The largest absolute Gasteiger partial charge is 0.307 e. The summed E-state index contributed by atoms with van der Waals surface area (Å²) in [6.45, 7) is 0.895. The van der Waals surface area contributed by atoms with Crippen molar-refractivity contribution in [3.05, 3.63) is 0 Å². The van der Waals surface area contributed by atoms with E-state index in [0.717, 1.165) is 25.8 Å². The van der Waals surface area contributed by atoms with E-state index in [1.54, 1.807) is 0 Å². The van der Waals surface area contributed by atoms with Crippen LogP contribution in [0.15, 0.2) is 0 Å². The summed E-state index contributed by atoms with van der Waals surface area (Å²) in [4.78, 5) is 13.1. The molecule has 13 heavy (non-hydrogen) atoms. The average Bonchev–Trinajstić information content (AvgIpc) is 2.16. The van der Waals surface area contributed by atoms with Crippen LogP contribution in [0.25, 0.3) is 0 Å². The lowest BCUT2D eigenvalue weighted by molar-refractivity contribution is -0.123. The summed E-state index contributed by atoms with van der Waals surface area (Å²) in [5.74, 6) is 0.857. The van der Waals surface area contributed by atoms with Crippen molar-refractivity contribution in [3.63, 3.8) is 0 Å². The number of rotatable bonds is 0. The second kappa shape index (κ2) is 3.37. The zero-order valence-electron chi connectivity index (χ0n) is 7.70. The molecule has 2 aliphatic rings. The van der Waals surface area contributed by atoms with E-state index < -0.39 is 0 Å². The van der Waals surface area contributed by atoms with E-state index in [4.69, 9.17) is 5.26 Å². The van der Waals surface area contributed by atoms with Crippen LogP contribution in [-0.4, -0.2) is 23.3 Å². The predicted molar refractivity (Wildman–Crippen MR) is 47.7 cm³/mol. The highest BCUT2D eigenvalue weighted by Crippen LogP contribution is 2.33. The Bertz CT molecular complexity index is 256. The Morgan fingerprint density at radius 3 is 3.08 bits per heavy atom. The van der Waals surface area contributed by atoms with Crippen LogP contribution in [0.4, 0.5) is 0 Å². The minimum absolute atomic E-state index is 0.372. The molecule has 1 heterocycles. The molecule has 0 aromatic heterocycles. The minimum atomic E-state index is 0.372. The molecule has 0 unspecified atom stereocenters. The summed E-state index contributed by atoms with van der Waals surface area (Å²) in [5.41, 5.74) is 0. The third-order valence-electron chi connectivity index (χ3n) is 3.26. The molecule has 1 aliphatic carbocycles. The van der Waals surface area contributed by atoms with Gasteiger partial charge in [-0.05, 0) is 25.2 Å². The molecular weight excluding hydrogens is 164 g/mol. The van der Waals surface area contributed by atoms with Crippen LogP contribution in [0.2, 0.25) is 0 Å². The molecule has 0 aromatic rings. The van der Waals surface area contributed by atoms with Gasteiger partial charge in [0.15, 0.2) is 6.19 Å². The Kier molecular flexibility index (Phi) is 2.22. The normalized spacial score (nSPS) is 33.8. The number of nitriles is 1. The van der Waals surface area contributed by atoms with E-state index in [2.05, 4.69) is 6.19 Å². The highest BCUT2D eigenvalue weighted by atomic mass is 16.1. The molecule has 0 spiro atoms. The molecule has 1 aliphatic heterocycles. The summed E-state index contributed by atoms with van der Waals surface area (Å²) >= 11 is 0. The van der Waals surface area contributed by atoms with Gasteiger partial charge in [0.05, 0.1) is 0 Å². The maximum atomic E-state index is 11.2. The molecule has 1 saturated carbocycles. The fraction of sp³-hybridized carbons (Fsp3) is 0.800. The number of Topliss-reactive ketones (excluding diaryl/α,β-unsaturated/α-hetero) is 1. The first kappa shape index (κ1) is 8.55. The first-order valence-electron chi connectivity index (χ1n) is 4.99. The number of carbonyl (C=O) groups is 1. The summed E-state index contributed by atoms with van der Waals surface area (Å²) in [5, 5.41) is 8.89. The van der Waals surface area contributed by atoms with Crippen molar-refractivity contribution in [3.8, 4) is 6.19 Å². The van der Waals surface area contributed by atoms with Crippen molar-refractivity contribution in [1.29, 1.82) is 5.26 Å². The van der Waals surface area contributed by atoms with Gasteiger partial charge >= 0.3 is 0 Å². The summed E-state index contributed by atoms with van der Waals surface area (Å²) < 4.78 is 0. The molecule has 3 heteroatoms. The van der Waals surface area contributed by atoms with E-state index in [1.165, 1.54) is 0 Å². The molecule has 2 fully saturated rings. The number of nitrogens with zero attached hydrogens (tertiary/aromatic N) is 2. The quantitative estimate of drug-likeness (QED) is 0.525. The summed E-state index contributed by atoms with van der Waals surface area (Å²) in [6.07, 6.45) is 6.74. The van der Waals surface area contributed by atoms with Crippen molar-refractivity contribution in [1.82, 2.24) is 4.90 Å². The van der Waals surface area contributed by atoms with Crippen LogP contribution in [0.5, 0.6) is 0 Å². The Hall–Kier alpha value is -1.04. The monoisotopic (exact) mass is 178 g/mol. The average molecular weight is 178 g/mol. The molecule has 70 valence electrons. The number of likely N-dealkylation sites (tertiary alicyclic amines) is 1. The first-order valence-corrected chi connectivity index (χ1v) is 4.99. The maximum absolute atomic E-state index is 11.2. The molecule has 2 atom stereocenters. The van der Waals surface area contributed by atoms with E-state index in [-0.39, 0.29) is 0 Å². The Morgan fingerprint density at radius 2 is 2.31 bits per heavy atom. The lowest BCUT2D eigenvalue weighted by Gasteiger charge is -2.40. The predicted octanol–water partition coefficient (Wildman–Crippen LogP) is 1.30. The van der Waals surface area contributed by atoms with Crippen LogP contribution in [-0.2, 0) is 4.79 Å². The molecule has 0 amide bonds.